The number of Topliss-reactive ketones (excluding diaryl/α,β-unsaturated/α-hetero) is 1. The van der Waals surface area contributed by atoms with E-state index in [1.807, 2.05) is 12.1 Å². The van der Waals surface area contributed by atoms with Crippen LogP contribution in [-0.4, -0.2) is 32.9 Å². The molecule has 0 atom stereocenters. The van der Waals surface area contributed by atoms with Gasteiger partial charge in [-0.25, -0.2) is 0 Å². The van der Waals surface area contributed by atoms with E-state index in [0.717, 1.165) is 10.6 Å². The maximum absolute atomic E-state index is 12.9. The first-order chi connectivity index (χ1) is 12.1. The molecule has 0 spiro atoms. The summed E-state index contributed by atoms with van der Waals surface area (Å²) in [4.78, 5) is 26.7. The molecule has 6 heteroatoms. The Morgan fingerprint density at radius 3 is 1.92 bits per heavy atom. The van der Waals surface area contributed by atoms with Crippen molar-refractivity contribution in [3.8, 4) is 17.2 Å². The first kappa shape index (κ1) is 17.1. The summed E-state index contributed by atoms with van der Waals surface area (Å²) in [6.07, 6.45) is 1.35. The van der Waals surface area contributed by atoms with Gasteiger partial charge in [0.05, 0.1) is 37.4 Å². The fraction of sp³-hybridized carbons (Fsp3) is 0.158. The molecular weight excluding hydrogens is 340 g/mol. The number of ketones is 2. The molecule has 1 aliphatic carbocycles. The third-order valence-corrected chi connectivity index (χ3v) is 4.85. The molecule has 0 radical (unpaired) electrons. The van der Waals surface area contributed by atoms with Crippen molar-refractivity contribution < 1.29 is 23.8 Å². The molecule has 0 amide bonds. The molecule has 1 aliphatic rings. The lowest BCUT2D eigenvalue weighted by Gasteiger charge is -2.19. The Hall–Kier alpha value is -2.73. The van der Waals surface area contributed by atoms with Crippen LogP contribution in [0.1, 0.15) is 20.7 Å². The molecule has 0 heterocycles. The molecule has 0 saturated carbocycles. The van der Waals surface area contributed by atoms with Crippen LogP contribution in [0, 0.1) is 0 Å². The monoisotopic (exact) mass is 356 g/mol. The zero-order valence-electron chi connectivity index (χ0n) is 14.0. The van der Waals surface area contributed by atoms with E-state index < -0.39 is 0 Å². The summed E-state index contributed by atoms with van der Waals surface area (Å²) >= 11 is 1.23. The molecule has 0 bridgehead atoms. The fourth-order valence-corrected chi connectivity index (χ4v) is 3.49. The van der Waals surface area contributed by atoms with Crippen LogP contribution in [0.2, 0.25) is 0 Å². The molecule has 0 unspecified atom stereocenters. The molecule has 2 aromatic carbocycles. The number of methoxy groups -OCH3 is 3. The summed E-state index contributed by atoms with van der Waals surface area (Å²) in [6, 6.07) is 10.5. The Kier molecular flexibility index (Phi) is 4.81. The molecule has 0 N–H and O–H groups in total. The number of carbonyl (C=O) groups excluding carboxylic acids is 2. The van der Waals surface area contributed by atoms with Gasteiger partial charge in [0, 0.05) is 11.0 Å². The fourth-order valence-electron chi connectivity index (χ4n) is 2.60. The van der Waals surface area contributed by atoms with Crippen LogP contribution >= 0.6 is 11.8 Å². The maximum Gasteiger partial charge on any atom is 0.204 e. The highest BCUT2D eigenvalue weighted by Crippen LogP contribution is 2.40. The summed E-state index contributed by atoms with van der Waals surface area (Å²) < 4.78 is 15.6. The van der Waals surface area contributed by atoms with Gasteiger partial charge in [0.1, 0.15) is 17.2 Å². The van der Waals surface area contributed by atoms with Gasteiger partial charge in [-0.2, -0.15) is 0 Å². The lowest BCUT2D eigenvalue weighted by Crippen LogP contribution is -2.18. The summed E-state index contributed by atoms with van der Waals surface area (Å²) in [5.74, 6) is 0.905. The van der Waals surface area contributed by atoms with E-state index in [1.165, 1.54) is 32.1 Å². The third kappa shape index (κ3) is 3.13. The number of hydrogen-bond donors (Lipinski definition) is 0. The van der Waals surface area contributed by atoms with Crippen molar-refractivity contribution in [1.82, 2.24) is 0 Å². The number of thioether (sulfide) groups is 1. The Morgan fingerprint density at radius 1 is 0.760 bits per heavy atom. The number of ether oxygens (including phenoxy) is 3. The molecule has 0 saturated heterocycles. The van der Waals surface area contributed by atoms with E-state index >= 15 is 0 Å². The molecule has 128 valence electrons. The van der Waals surface area contributed by atoms with Gasteiger partial charge in [-0.3, -0.25) is 9.59 Å². The van der Waals surface area contributed by atoms with Gasteiger partial charge >= 0.3 is 0 Å². The van der Waals surface area contributed by atoms with Gasteiger partial charge in [0.2, 0.25) is 5.78 Å². The highest BCUT2D eigenvalue weighted by molar-refractivity contribution is 8.04. The summed E-state index contributed by atoms with van der Waals surface area (Å²) in [5, 5.41) is 0. The zero-order chi connectivity index (χ0) is 18.0. The topological polar surface area (TPSA) is 61.8 Å². The van der Waals surface area contributed by atoms with Gasteiger partial charge in [0.15, 0.2) is 5.78 Å². The average Bonchev–Trinajstić information content (AvgIpc) is 2.65. The van der Waals surface area contributed by atoms with Crippen LogP contribution < -0.4 is 14.2 Å². The number of hydrogen-bond acceptors (Lipinski definition) is 6. The number of fused-ring (bicyclic) bond motifs is 1. The van der Waals surface area contributed by atoms with E-state index in [1.54, 1.807) is 31.4 Å². The second-order valence-electron chi connectivity index (χ2n) is 5.20. The number of carbonyl (C=O) groups is 2. The van der Waals surface area contributed by atoms with Crippen molar-refractivity contribution in [2.75, 3.05) is 21.3 Å². The minimum Gasteiger partial charge on any atom is -0.497 e. The first-order valence-corrected chi connectivity index (χ1v) is 8.28. The van der Waals surface area contributed by atoms with Gasteiger partial charge in [-0.05, 0) is 36.4 Å². The van der Waals surface area contributed by atoms with Crippen molar-refractivity contribution in [2.24, 2.45) is 0 Å². The molecule has 5 nitrogen and oxygen atoms in total. The van der Waals surface area contributed by atoms with E-state index in [9.17, 15) is 9.59 Å². The number of allylic oxidation sites excluding steroid dienone is 2. The Morgan fingerprint density at radius 2 is 1.36 bits per heavy atom. The quantitative estimate of drug-likeness (QED) is 0.813. The van der Waals surface area contributed by atoms with Crippen LogP contribution in [-0.2, 0) is 0 Å². The second kappa shape index (κ2) is 7.03. The molecule has 0 fully saturated rings. The minimum atomic E-state index is -0.277. The van der Waals surface area contributed by atoms with Crippen molar-refractivity contribution in [3.05, 3.63) is 58.5 Å². The van der Waals surface area contributed by atoms with E-state index in [4.69, 9.17) is 14.2 Å². The van der Waals surface area contributed by atoms with Gasteiger partial charge < -0.3 is 14.2 Å². The standard InChI is InChI=1S/C19H16O5S/c1-22-11-4-6-12(7-5-11)25-16-10-13(20)17-14(23-2)8-9-15(24-3)18(17)19(16)21/h4-10H,1-3H3. The summed E-state index contributed by atoms with van der Waals surface area (Å²) in [6.45, 7) is 0. The van der Waals surface area contributed by atoms with Gasteiger partial charge in [-0.15, -0.1) is 0 Å². The van der Waals surface area contributed by atoms with Crippen LogP contribution in [0.4, 0.5) is 0 Å². The molecule has 3 rings (SSSR count). The lowest BCUT2D eigenvalue weighted by atomic mass is 9.93. The van der Waals surface area contributed by atoms with Crippen LogP contribution in [0.5, 0.6) is 17.2 Å². The van der Waals surface area contributed by atoms with Crippen molar-refractivity contribution in [3.63, 3.8) is 0 Å². The van der Waals surface area contributed by atoms with E-state index in [0.29, 0.717) is 16.4 Å². The highest BCUT2D eigenvalue weighted by Gasteiger charge is 2.32. The molecule has 25 heavy (non-hydrogen) atoms. The van der Waals surface area contributed by atoms with Crippen molar-refractivity contribution in [1.29, 1.82) is 0 Å². The predicted molar refractivity (Wildman–Crippen MR) is 95.1 cm³/mol. The lowest BCUT2D eigenvalue weighted by molar-refractivity contribution is 0.0986. The average molecular weight is 356 g/mol. The summed E-state index contributed by atoms with van der Waals surface area (Å²) in [5.41, 5.74) is 0.483. The van der Waals surface area contributed by atoms with Gasteiger partial charge in [0.25, 0.3) is 0 Å². The maximum atomic E-state index is 12.9. The van der Waals surface area contributed by atoms with Gasteiger partial charge in [-0.1, -0.05) is 11.8 Å². The van der Waals surface area contributed by atoms with Crippen LogP contribution in [0.3, 0.4) is 0 Å². The van der Waals surface area contributed by atoms with Crippen LogP contribution in [0.15, 0.2) is 52.3 Å². The number of rotatable bonds is 5. The molecule has 0 aliphatic heterocycles. The largest absolute Gasteiger partial charge is 0.497 e. The SMILES string of the molecule is COc1ccc(SC2=CC(=O)c3c(OC)ccc(OC)c3C2=O)cc1. The molecular formula is C19H16O5S. The predicted octanol–water partition coefficient (Wildman–Crippen LogP) is 3.77. The number of benzene rings is 2. The Labute approximate surface area is 149 Å². The van der Waals surface area contributed by atoms with E-state index in [2.05, 4.69) is 0 Å². The first-order valence-electron chi connectivity index (χ1n) is 7.46. The third-order valence-electron chi connectivity index (χ3n) is 3.82. The van der Waals surface area contributed by atoms with Crippen molar-refractivity contribution >= 4 is 23.3 Å². The van der Waals surface area contributed by atoms with E-state index in [-0.39, 0.29) is 22.7 Å². The zero-order valence-corrected chi connectivity index (χ0v) is 14.8. The van der Waals surface area contributed by atoms with Crippen LogP contribution in [0.25, 0.3) is 0 Å². The van der Waals surface area contributed by atoms with Crippen molar-refractivity contribution in [2.45, 2.75) is 4.90 Å². The normalized spacial score (nSPS) is 13.2. The summed E-state index contributed by atoms with van der Waals surface area (Å²) in [7, 11) is 4.52. The Balaban J connectivity index is 2.00. The minimum absolute atomic E-state index is 0.241. The highest BCUT2D eigenvalue weighted by atomic mass is 32.2. The second-order valence-corrected chi connectivity index (χ2v) is 6.31. The molecule has 2 aromatic rings. The Bertz CT molecular complexity index is 868. The smallest absolute Gasteiger partial charge is 0.204 e. The molecule has 0 aromatic heterocycles.